The molecule has 2 rings (SSSR count). The van der Waals surface area contributed by atoms with Crippen LogP contribution in [0.15, 0.2) is 48.2 Å². The van der Waals surface area contributed by atoms with E-state index in [0.717, 1.165) is 5.56 Å². The number of aryl methyl sites for hydroxylation is 1. The van der Waals surface area contributed by atoms with E-state index in [2.05, 4.69) is 10.6 Å². The van der Waals surface area contributed by atoms with Crippen molar-refractivity contribution in [3.8, 4) is 11.8 Å². The molecular weight excluding hydrogens is 372 g/mol. The summed E-state index contributed by atoms with van der Waals surface area (Å²) in [5.74, 6) is -0.270. The van der Waals surface area contributed by atoms with Crippen LogP contribution in [0.4, 0.5) is 17.1 Å². The number of hydrogen-bond donors (Lipinski definition) is 2. The first-order chi connectivity index (χ1) is 12.8. The lowest BCUT2D eigenvalue weighted by Gasteiger charge is -2.11. The maximum Gasteiger partial charge on any atom is 0.271 e. The SMILES string of the molecule is COc1cc(Cl)c(C)cc1N/C=C(/C#N)C(=O)Nc1cccc([N+](=O)[O-])c1. The van der Waals surface area contributed by atoms with Gasteiger partial charge in [-0.05, 0) is 24.6 Å². The van der Waals surface area contributed by atoms with Gasteiger partial charge in [-0.25, -0.2) is 0 Å². The van der Waals surface area contributed by atoms with Crippen LogP contribution in [0.3, 0.4) is 0 Å². The van der Waals surface area contributed by atoms with Crippen LogP contribution >= 0.6 is 11.6 Å². The minimum absolute atomic E-state index is 0.171. The predicted octanol–water partition coefficient (Wildman–Crippen LogP) is 4.02. The van der Waals surface area contributed by atoms with Gasteiger partial charge in [0.2, 0.25) is 0 Å². The number of carbonyl (C=O) groups excluding carboxylic acids is 1. The van der Waals surface area contributed by atoms with E-state index in [1.54, 1.807) is 25.1 Å². The highest BCUT2D eigenvalue weighted by Crippen LogP contribution is 2.31. The van der Waals surface area contributed by atoms with E-state index < -0.39 is 10.8 Å². The van der Waals surface area contributed by atoms with E-state index in [4.69, 9.17) is 16.3 Å². The van der Waals surface area contributed by atoms with Crippen LogP contribution < -0.4 is 15.4 Å². The molecule has 2 aromatic rings. The molecule has 0 aliphatic rings. The number of benzene rings is 2. The number of nitrogens with one attached hydrogen (secondary N) is 2. The van der Waals surface area contributed by atoms with Crippen LogP contribution in [0.1, 0.15) is 5.56 Å². The Bertz CT molecular complexity index is 966. The average molecular weight is 387 g/mol. The summed E-state index contributed by atoms with van der Waals surface area (Å²) in [5.41, 5.74) is 1.12. The monoisotopic (exact) mass is 386 g/mol. The summed E-state index contributed by atoms with van der Waals surface area (Å²) in [7, 11) is 1.47. The van der Waals surface area contributed by atoms with Gasteiger partial charge in [0.1, 0.15) is 17.4 Å². The molecule has 2 aromatic carbocycles. The third-order valence-corrected chi connectivity index (χ3v) is 3.94. The summed E-state index contributed by atoms with van der Waals surface area (Å²) in [4.78, 5) is 22.5. The smallest absolute Gasteiger partial charge is 0.271 e. The van der Waals surface area contributed by atoms with E-state index in [9.17, 15) is 20.2 Å². The second-order valence-corrected chi connectivity index (χ2v) is 5.78. The number of halogens is 1. The maximum atomic E-state index is 12.3. The summed E-state index contributed by atoms with van der Waals surface area (Å²) in [5, 5.41) is 25.8. The quantitative estimate of drug-likeness (QED) is 0.335. The molecule has 0 radical (unpaired) electrons. The number of carbonyl (C=O) groups is 1. The minimum atomic E-state index is -0.713. The molecule has 0 aromatic heterocycles. The number of nitriles is 1. The van der Waals surface area contributed by atoms with Crippen molar-refractivity contribution in [2.24, 2.45) is 0 Å². The molecule has 138 valence electrons. The predicted molar refractivity (Wildman–Crippen MR) is 102 cm³/mol. The Morgan fingerprint density at radius 1 is 1.37 bits per heavy atom. The Kier molecular flexibility index (Phi) is 6.36. The molecule has 1 amide bonds. The molecule has 0 aliphatic carbocycles. The first-order valence-electron chi connectivity index (χ1n) is 7.62. The van der Waals surface area contributed by atoms with Gasteiger partial charge in [0.05, 0.1) is 17.7 Å². The number of non-ortho nitro benzene ring substituents is 1. The molecule has 0 unspecified atom stereocenters. The number of methoxy groups -OCH3 is 1. The fourth-order valence-corrected chi connectivity index (χ4v) is 2.29. The number of rotatable bonds is 6. The maximum absolute atomic E-state index is 12.3. The standard InChI is InChI=1S/C18H15ClN4O4/c1-11-6-16(17(27-2)8-15(11)19)21-10-12(9-20)18(24)22-13-4-3-5-14(7-13)23(25)26/h3-8,10,21H,1-2H3,(H,22,24)/b12-10-. The molecule has 27 heavy (non-hydrogen) atoms. The molecule has 0 bridgehead atoms. The lowest BCUT2D eigenvalue weighted by atomic mass is 10.2. The van der Waals surface area contributed by atoms with Crippen molar-refractivity contribution >= 4 is 34.6 Å². The van der Waals surface area contributed by atoms with Gasteiger partial charge in [-0.3, -0.25) is 14.9 Å². The van der Waals surface area contributed by atoms with Gasteiger partial charge in [-0.1, -0.05) is 17.7 Å². The van der Waals surface area contributed by atoms with Gasteiger partial charge in [0.25, 0.3) is 11.6 Å². The van der Waals surface area contributed by atoms with E-state index >= 15 is 0 Å². The number of amides is 1. The molecule has 9 heteroatoms. The highest BCUT2D eigenvalue weighted by molar-refractivity contribution is 6.31. The van der Waals surface area contributed by atoms with Gasteiger partial charge in [-0.2, -0.15) is 5.26 Å². The normalized spacial score (nSPS) is 10.7. The van der Waals surface area contributed by atoms with Gasteiger partial charge >= 0.3 is 0 Å². The summed E-state index contributed by atoms with van der Waals surface area (Å²) in [6.45, 7) is 1.80. The zero-order valence-electron chi connectivity index (χ0n) is 14.4. The second-order valence-electron chi connectivity index (χ2n) is 5.38. The van der Waals surface area contributed by atoms with Crippen molar-refractivity contribution in [1.82, 2.24) is 0 Å². The van der Waals surface area contributed by atoms with E-state index in [1.165, 1.54) is 37.6 Å². The lowest BCUT2D eigenvalue weighted by molar-refractivity contribution is -0.384. The van der Waals surface area contributed by atoms with Crippen LogP contribution in [-0.4, -0.2) is 17.9 Å². The third-order valence-electron chi connectivity index (χ3n) is 3.53. The molecule has 0 heterocycles. The Hall–Kier alpha value is -3.57. The van der Waals surface area contributed by atoms with Crippen molar-refractivity contribution in [3.05, 3.63) is 68.9 Å². The topological polar surface area (TPSA) is 117 Å². The van der Waals surface area contributed by atoms with E-state index in [0.29, 0.717) is 16.5 Å². The zero-order valence-corrected chi connectivity index (χ0v) is 15.2. The Balaban J connectivity index is 2.20. The molecule has 0 aliphatic heterocycles. The van der Waals surface area contributed by atoms with Gasteiger partial charge < -0.3 is 15.4 Å². The number of anilines is 2. The molecule has 0 saturated carbocycles. The van der Waals surface area contributed by atoms with Crippen molar-refractivity contribution in [1.29, 1.82) is 5.26 Å². The summed E-state index contributed by atoms with van der Waals surface area (Å²) >= 11 is 6.04. The van der Waals surface area contributed by atoms with Crippen LogP contribution in [0.5, 0.6) is 5.75 Å². The highest BCUT2D eigenvalue weighted by atomic mass is 35.5. The Labute approximate surface area is 160 Å². The Morgan fingerprint density at radius 3 is 2.74 bits per heavy atom. The first kappa shape index (κ1) is 19.8. The van der Waals surface area contributed by atoms with Gasteiger partial charge in [0.15, 0.2) is 0 Å². The number of nitro benzene ring substituents is 1. The molecular formula is C18H15ClN4O4. The van der Waals surface area contributed by atoms with Gasteiger partial charge in [-0.15, -0.1) is 0 Å². The minimum Gasteiger partial charge on any atom is -0.495 e. The molecule has 0 atom stereocenters. The zero-order chi connectivity index (χ0) is 20.0. The molecule has 0 fully saturated rings. The molecule has 0 spiro atoms. The third kappa shape index (κ3) is 4.96. The highest BCUT2D eigenvalue weighted by Gasteiger charge is 2.13. The van der Waals surface area contributed by atoms with Gasteiger partial charge in [0, 0.05) is 35.1 Å². The summed E-state index contributed by atoms with van der Waals surface area (Å²) in [6, 6.07) is 10.5. The number of nitro groups is 1. The summed E-state index contributed by atoms with van der Waals surface area (Å²) < 4.78 is 5.22. The van der Waals surface area contributed by atoms with E-state index in [1.807, 2.05) is 0 Å². The van der Waals surface area contributed by atoms with Crippen LogP contribution in [0.25, 0.3) is 0 Å². The Morgan fingerprint density at radius 2 is 2.11 bits per heavy atom. The molecule has 8 nitrogen and oxygen atoms in total. The van der Waals surface area contributed by atoms with Crippen LogP contribution in [0, 0.1) is 28.4 Å². The fourth-order valence-electron chi connectivity index (χ4n) is 2.14. The van der Waals surface area contributed by atoms with E-state index in [-0.39, 0.29) is 16.9 Å². The number of ether oxygens (including phenoxy) is 1. The second kappa shape index (κ2) is 8.69. The average Bonchev–Trinajstić information content (AvgIpc) is 2.64. The first-order valence-corrected chi connectivity index (χ1v) is 8.00. The van der Waals surface area contributed by atoms with Crippen molar-refractivity contribution in [2.45, 2.75) is 6.92 Å². The fraction of sp³-hybridized carbons (Fsp3) is 0.111. The van der Waals surface area contributed by atoms with Crippen LogP contribution in [-0.2, 0) is 4.79 Å². The van der Waals surface area contributed by atoms with Crippen molar-refractivity contribution in [2.75, 3.05) is 17.7 Å². The lowest BCUT2D eigenvalue weighted by Crippen LogP contribution is -2.14. The number of hydrogen-bond acceptors (Lipinski definition) is 6. The molecule has 0 saturated heterocycles. The van der Waals surface area contributed by atoms with Crippen LogP contribution in [0.2, 0.25) is 5.02 Å². The molecule has 2 N–H and O–H groups in total. The number of nitrogens with zero attached hydrogens (tertiary/aromatic N) is 2. The largest absolute Gasteiger partial charge is 0.495 e. The van der Waals surface area contributed by atoms with Crippen molar-refractivity contribution < 1.29 is 14.5 Å². The van der Waals surface area contributed by atoms with Crippen molar-refractivity contribution in [3.63, 3.8) is 0 Å². The summed E-state index contributed by atoms with van der Waals surface area (Å²) in [6.07, 6.45) is 1.22.